The molecule has 0 heterocycles. The van der Waals surface area contributed by atoms with Crippen molar-refractivity contribution in [3.05, 3.63) is 35.4 Å². The number of benzene rings is 1. The number of hydrogen-bond acceptors (Lipinski definition) is 4. The summed E-state index contributed by atoms with van der Waals surface area (Å²) in [5, 5.41) is 8.76. The Hall–Kier alpha value is -1.93. The summed E-state index contributed by atoms with van der Waals surface area (Å²) in [4.78, 5) is 21.5. The SMILES string of the molecule is CCN(CC(N)=O)S(=O)(=O)Cc1ccc(C(=O)O)cc1. The smallest absolute Gasteiger partial charge is 0.335 e. The molecular formula is C12H16N2O5S. The lowest BCUT2D eigenvalue weighted by Crippen LogP contribution is -2.38. The maximum atomic E-state index is 12.1. The Morgan fingerprint density at radius 2 is 1.80 bits per heavy atom. The third kappa shape index (κ3) is 4.32. The van der Waals surface area contributed by atoms with Crippen molar-refractivity contribution in [3.8, 4) is 0 Å². The maximum Gasteiger partial charge on any atom is 0.335 e. The van der Waals surface area contributed by atoms with Crippen LogP contribution in [0.1, 0.15) is 22.8 Å². The van der Waals surface area contributed by atoms with Crippen LogP contribution in [-0.2, 0) is 20.6 Å². The standard InChI is InChI=1S/C12H16N2O5S/c1-2-14(7-11(13)15)20(18,19)8-9-3-5-10(6-4-9)12(16)17/h3-6H,2,7-8H2,1H3,(H2,13,15)(H,16,17). The summed E-state index contributed by atoms with van der Waals surface area (Å²) >= 11 is 0. The summed E-state index contributed by atoms with van der Waals surface area (Å²) in [6.07, 6.45) is 0. The number of carboxylic acids is 1. The molecule has 1 rings (SSSR count). The number of sulfonamides is 1. The molecule has 1 amide bonds. The van der Waals surface area contributed by atoms with E-state index in [9.17, 15) is 18.0 Å². The van der Waals surface area contributed by atoms with Gasteiger partial charge in [0.1, 0.15) is 0 Å². The highest BCUT2D eigenvalue weighted by atomic mass is 32.2. The minimum Gasteiger partial charge on any atom is -0.478 e. The van der Waals surface area contributed by atoms with Crippen LogP contribution in [0.25, 0.3) is 0 Å². The van der Waals surface area contributed by atoms with E-state index < -0.39 is 21.9 Å². The average Bonchev–Trinajstić information content (AvgIpc) is 2.35. The lowest BCUT2D eigenvalue weighted by Gasteiger charge is -2.18. The number of amides is 1. The Bertz CT molecular complexity index is 595. The molecule has 0 aliphatic carbocycles. The molecule has 0 aliphatic heterocycles. The van der Waals surface area contributed by atoms with Crippen LogP contribution in [0, 0.1) is 0 Å². The van der Waals surface area contributed by atoms with E-state index in [1.807, 2.05) is 0 Å². The molecule has 20 heavy (non-hydrogen) atoms. The van der Waals surface area contributed by atoms with Crippen molar-refractivity contribution in [3.63, 3.8) is 0 Å². The Balaban J connectivity index is 2.89. The molecule has 110 valence electrons. The first-order valence-electron chi connectivity index (χ1n) is 5.84. The number of hydrogen-bond donors (Lipinski definition) is 2. The van der Waals surface area contributed by atoms with E-state index in [0.29, 0.717) is 5.56 Å². The number of nitrogens with two attached hydrogens (primary N) is 1. The van der Waals surface area contributed by atoms with Crippen molar-refractivity contribution < 1.29 is 23.1 Å². The van der Waals surface area contributed by atoms with Gasteiger partial charge in [0.2, 0.25) is 15.9 Å². The van der Waals surface area contributed by atoms with Gasteiger partial charge in [0.05, 0.1) is 17.9 Å². The Labute approximate surface area is 117 Å². The quantitative estimate of drug-likeness (QED) is 0.736. The van der Waals surface area contributed by atoms with Gasteiger partial charge >= 0.3 is 5.97 Å². The van der Waals surface area contributed by atoms with Crippen LogP contribution in [0.2, 0.25) is 0 Å². The molecule has 0 saturated carbocycles. The maximum absolute atomic E-state index is 12.1. The number of carbonyl (C=O) groups is 2. The minimum absolute atomic E-state index is 0.0793. The molecule has 3 N–H and O–H groups in total. The topological polar surface area (TPSA) is 118 Å². The minimum atomic E-state index is -3.67. The van der Waals surface area contributed by atoms with E-state index in [2.05, 4.69) is 0 Å². The molecule has 0 atom stereocenters. The molecule has 0 aliphatic rings. The summed E-state index contributed by atoms with van der Waals surface area (Å²) < 4.78 is 25.2. The Morgan fingerprint density at radius 3 is 2.20 bits per heavy atom. The van der Waals surface area contributed by atoms with E-state index in [-0.39, 0.29) is 24.4 Å². The van der Waals surface area contributed by atoms with Gasteiger partial charge in [0.25, 0.3) is 0 Å². The normalized spacial score (nSPS) is 11.5. The summed E-state index contributed by atoms with van der Waals surface area (Å²) in [6, 6.07) is 5.52. The molecule has 1 aromatic carbocycles. The van der Waals surface area contributed by atoms with E-state index >= 15 is 0 Å². The fourth-order valence-electron chi connectivity index (χ4n) is 1.63. The van der Waals surface area contributed by atoms with Gasteiger partial charge in [-0.1, -0.05) is 19.1 Å². The number of carbonyl (C=O) groups excluding carboxylic acids is 1. The van der Waals surface area contributed by atoms with Crippen LogP contribution in [-0.4, -0.2) is 42.8 Å². The molecule has 0 saturated heterocycles. The van der Waals surface area contributed by atoms with Gasteiger partial charge in [-0.25, -0.2) is 13.2 Å². The van der Waals surface area contributed by atoms with E-state index in [1.165, 1.54) is 24.3 Å². The lowest BCUT2D eigenvalue weighted by atomic mass is 10.1. The van der Waals surface area contributed by atoms with Crippen molar-refractivity contribution >= 4 is 21.9 Å². The predicted molar refractivity (Wildman–Crippen MR) is 72.5 cm³/mol. The molecule has 1 aromatic rings. The second-order valence-corrected chi connectivity index (χ2v) is 6.12. The van der Waals surface area contributed by atoms with Gasteiger partial charge in [-0.2, -0.15) is 4.31 Å². The molecule has 0 bridgehead atoms. The van der Waals surface area contributed by atoms with Crippen LogP contribution in [0.3, 0.4) is 0 Å². The zero-order valence-corrected chi connectivity index (χ0v) is 11.8. The van der Waals surface area contributed by atoms with Gasteiger partial charge in [0.15, 0.2) is 0 Å². The van der Waals surface area contributed by atoms with Crippen LogP contribution in [0.15, 0.2) is 24.3 Å². The number of aromatic carboxylic acids is 1. The molecule has 8 heteroatoms. The third-order valence-corrected chi connectivity index (χ3v) is 4.50. The van der Waals surface area contributed by atoms with E-state index in [0.717, 1.165) is 4.31 Å². The second kappa shape index (κ2) is 6.49. The molecule has 0 fully saturated rings. The first kappa shape index (κ1) is 16.1. The molecule has 0 radical (unpaired) electrons. The van der Waals surface area contributed by atoms with Crippen LogP contribution < -0.4 is 5.73 Å². The van der Waals surface area contributed by atoms with Crippen LogP contribution in [0.5, 0.6) is 0 Å². The van der Waals surface area contributed by atoms with Gasteiger partial charge in [-0.05, 0) is 17.7 Å². The second-order valence-electron chi connectivity index (χ2n) is 4.15. The summed E-state index contributed by atoms with van der Waals surface area (Å²) in [5.41, 5.74) is 5.52. The number of nitrogens with zero attached hydrogens (tertiary/aromatic N) is 1. The number of carboxylic acid groups (broad SMARTS) is 1. The summed E-state index contributed by atoms with van der Waals surface area (Å²) in [5.74, 6) is -2.12. The van der Waals surface area contributed by atoms with E-state index in [1.54, 1.807) is 6.92 Å². The molecule has 0 unspecified atom stereocenters. The van der Waals surface area contributed by atoms with Crippen LogP contribution >= 0.6 is 0 Å². The van der Waals surface area contributed by atoms with Crippen molar-refractivity contribution in [2.45, 2.75) is 12.7 Å². The fourth-order valence-corrected chi connectivity index (χ4v) is 3.14. The predicted octanol–water partition coefficient (Wildman–Crippen LogP) is 0.0218. The van der Waals surface area contributed by atoms with Crippen molar-refractivity contribution in [2.24, 2.45) is 5.73 Å². The first-order valence-corrected chi connectivity index (χ1v) is 7.45. The Kier molecular flexibility index (Phi) is 5.23. The van der Waals surface area contributed by atoms with Crippen molar-refractivity contribution in [1.82, 2.24) is 4.31 Å². The molecule has 0 spiro atoms. The van der Waals surface area contributed by atoms with Crippen molar-refractivity contribution in [2.75, 3.05) is 13.1 Å². The van der Waals surface area contributed by atoms with E-state index in [4.69, 9.17) is 10.8 Å². The lowest BCUT2D eigenvalue weighted by molar-refractivity contribution is -0.118. The van der Waals surface area contributed by atoms with Gasteiger partial charge < -0.3 is 10.8 Å². The largest absolute Gasteiger partial charge is 0.478 e. The average molecular weight is 300 g/mol. The highest BCUT2D eigenvalue weighted by Gasteiger charge is 2.22. The van der Waals surface area contributed by atoms with Crippen LogP contribution in [0.4, 0.5) is 0 Å². The summed E-state index contributed by atoms with van der Waals surface area (Å²) in [6.45, 7) is 1.37. The third-order valence-electron chi connectivity index (χ3n) is 2.63. The molecular weight excluding hydrogens is 284 g/mol. The Morgan fingerprint density at radius 1 is 1.25 bits per heavy atom. The van der Waals surface area contributed by atoms with Gasteiger partial charge in [-0.3, -0.25) is 4.79 Å². The fraction of sp³-hybridized carbons (Fsp3) is 0.333. The zero-order valence-electron chi connectivity index (χ0n) is 10.9. The van der Waals surface area contributed by atoms with Gasteiger partial charge in [0, 0.05) is 6.54 Å². The number of primary amides is 1. The number of rotatable bonds is 7. The highest BCUT2D eigenvalue weighted by molar-refractivity contribution is 7.88. The monoisotopic (exact) mass is 300 g/mol. The molecule has 7 nitrogen and oxygen atoms in total. The first-order chi connectivity index (χ1) is 9.26. The zero-order chi connectivity index (χ0) is 15.3. The van der Waals surface area contributed by atoms with Crippen molar-refractivity contribution in [1.29, 1.82) is 0 Å². The van der Waals surface area contributed by atoms with Gasteiger partial charge in [-0.15, -0.1) is 0 Å². The number of likely N-dealkylation sites (N-methyl/N-ethyl adjacent to an activating group) is 1. The highest BCUT2D eigenvalue weighted by Crippen LogP contribution is 2.12. The molecule has 0 aromatic heterocycles. The summed E-state index contributed by atoms with van der Waals surface area (Å²) in [7, 11) is -3.67.